The van der Waals surface area contributed by atoms with E-state index in [1.54, 1.807) is 0 Å². The monoisotopic (exact) mass is 272 g/mol. The van der Waals surface area contributed by atoms with Crippen LogP contribution in [0.1, 0.15) is 37.3 Å². The molecule has 1 aromatic rings. The molecular formula is C17H24N2O. The van der Waals surface area contributed by atoms with Crippen LogP contribution in [0.5, 0.6) is 0 Å². The van der Waals surface area contributed by atoms with Gasteiger partial charge in [0.05, 0.1) is 5.92 Å². The lowest BCUT2D eigenvalue weighted by Crippen LogP contribution is -2.52. The molecule has 0 radical (unpaired) electrons. The van der Waals surface area contributed by atoms with Crippen molar-refractivity contribution in [3.05, 3.63) is 35.4 Å². The van der Waals surface area contributed by atoms with Crippen LogP contribution in [0.4, 0.5) is 0 Å². The smallest absolute Gasteiger partial charge is 0.230 e. The van der Waals surface area contributed by atoms with Crippen molar-refractivity contribution in [3.8, 4) is 0 Å². The zero-order valence-electron chi connectivity index (χ0n) is 12.4. The highest BCUT2D eigenvalue weighted by Crippen LogP contribution is 2.36. The summed E-state index contributed by atoms with van der Waals surface area (Å²) in [6.45, 7) is 7.21. The normalized spacial score (nSPS) is 28.7. The minimum absolute atomic E-state index is 0.120. The number of hydrogen-bond donors (Lipinski definition) is 1. The first-order valence-electron chi connectivity index (χ1n) is 7.80. The summed E-state index contributed by atoms with van der Waals surface area (Å²) in [6.07, 6.45) is 2.01. The molecule has 2 aliphatic rings. The van der Waals surface area contributed by atoms with Crippen LogP contribution in [-0.2, 0) is 11.2 Å². The zero-order valence-corrected chi connectivity index (χ0v) is 12.4. The minimum atomic E-state index is 0.120. The summed E-state index contributed by atoms with van der Waals surface area (Å²) in [6, 6.07) is 8.91. The topological polar surface area (TPSA) is 32.3 Å². The van der Waals surface area contributed by atoms with E-state index in [1.165, 1.54) is 11.1 Å². The maximum absolute atomic E-state index is 12.7. The molecule has 0 bridgehead atoms. The molecule has 0 aromatic heterocycles. The van der Waals surface area contributed by atoms with Crippen molar-refractivity contribution in [2.45, 2.75) is 38.6 Å². The number of nitrogens with one attached hydrogen (secondary N) is 1. The molecule has 0 spiro atoms. The molecule has 20 heavy (non-hydrogen) atoms. The van der Waals surface area contributed by atoms with Crippen LogP contribution in [-0.4, -0.2) is 36.5 Å². The summed E-state index contributed by atoms with van der Waals surface area (Å²) in [5.74, 6) is 1.00. The van der Waals surface area contributed by atoms with Crippen LogP contribution >= 0.6 is 0 Å². The van der Waals surface area contributed by atoms with Gasteiger partial charge in [0, 0.05) is 19.1 Å². The van der Waals surface area contributed by atoms with Gasteiger partial charge in [0.25, 0.3) is 0 Å². The van der Waals surface area contributed by atoms with Gasteiger partial charge in [-0.3, -0.25) is 4.79 Å². The van der Waals surface area contributed by atoms with E-state index in [0.717, 1.165) is 32.5 Å². The van der Waals surface area contributed by atoms with Crippen LogP contribution in [0.2, 0.25) is 0 Å². The first kappa shape index (κ1) is 13.6. The van der Waals surface area contributed by atoms with E-state index in [9.17, 15) is 4.79 Å². The van der Waals surface area contributed by atoms with Crippen molar-refractivity contribution in [3.63, 3.8) is 0 Å². The highest BCUT2D eigenvalue weighted by molar-refractivity contribution is 5.87. The fourth-order valence-electron chi connectivity index (χ4n) is 3.61. The lowest BCUT2D eigenvalue weighted by molar-refractivity contribution is -0.135. The van der Waals surface area contributed by atoms with E-state index >= 15 is 0 Å². The Morgan fingerprint density at radius 3 is 2.90 bits per heavy atom. The fourth-order valence-corrected chi connectivity index (χ4v) is 3.61. The number of nitrogens with zero attached hydrogens (tertiary/aromatic N) is 1. The third-order valence-electron chi connectivity index (χ3n) is 4.84. The van der Waals surface area contributed by atoms with Crippen molar-refractivity contribution < 1.29 is 4.79 Å². The number of amides is 1. The number of rotatable bonds is 3. The maximum atomic E-state index is 12.7. The molecule has 3 atom stereocenters. The minimum Gasteiger partial charge on any atom is -0.342 e. The van der Waals surface area contributed by atoms with E-state index in [4.69, 9.17) is 0 Å². The van der Waals surface area contributed by atoms with Gasteiger partial charge >= 0.3 is 0 Å². The first-order chi connectivity index (χ1) is 9.70. The molecule has 1 aliphatic carbocycles. The summed E-state index contributed by atoms with van der Waals surface area (Å²) in [4.78, 5) is 14.7. The van der Waals surface area contributed by atoms with Crippen LogP contribution in [0.25, 0.3) is 0 Å². The Morgan fingerprint density at radius 2 is 2.20 bits per heavy atom. The number of carbonyl (C=O) groups is 1. The number of piperidine rings is 1. The summed E-state index contributed by atoms with van der Waals surface area (Å²) in [5.41, 5.74) is 2.60. The molecular weight excluding hydrogens is 248 g/mol. The molecule has 3 rings (SSSR count). The largest absolute Gasteiger partial charge is 0.342 e. The van der Waals surface area contributed by atoms with Crippen molar-refractivity contribution in [1.29, 1.82) is 0 Å². The van der Waals surface area contributed by atoms with Gasteiger partial charge in [-0.2, -0.15) is 0 Å². The average molecular weight is 272 g/mol. The van der Waals surface area contributed by atoms with Gasteiger partial charge in [-0.05, 0) is 36.4 Å². The number of carbonyl (C=O) groups excluding carboxylic acids is 1. The van der Waals surface area contributed by atoms with Gasteiger partial charge in [-0.15, -0.1) is 0 Å². The zero-order chi connectivity index (χ0) is 14.1. The van der Waals surface area contributed by atoms with Crippen molar-refractivity contribution in [1.82, 2.24) is 10.2 Å². The molecule has 108 valence electrons. The Labute approximate surface area is 121 Å². The van der Waals surface area contributed by atoms with Gasteiger partial charge in [-0.1, -0.05) is 38.1 Å². The molecule has 3 heteroatoms. The summed E-state index contributed by atoms with van der Waals surface area (Å²) in [7, 11) is 0. The highest BCUT2D eigenvalue weighted by Gasteiger charge is 2.37. The first-order valence-corrected chi connectivity index (χ1v) is 7.80. The highest BCUT2D eigenvalue weighted by atomic mass is 16.2. The molecule has 1 saturated heterocycles. The Kier molecular flexibility index (Phi) is 3.79. The second kappa shape index (κ2) is 5.57. The van der Waals surface area contributed by atoms with Crippen molar-refractivity contribution in [2.24, 2.45) is 5.92 Å². The molecule has 3 nitrogen and oxygen atoms in total. The summed E-state index contributed by atoms with van der Waals surface area (Å²) < 4.78 is 0. The Balaban J connectivity index is 1.63. The second-order valence-electron chi connectivity index (χ2n) is 6.17. The van der Waals surface area contributed by atoms with E-state index in [1.807, 2.05) is 6.07 Å². The molecule has 3 unspecified atom stereocenters. The lowest BCUT2D eigenvalue weighted by Gasteiger charge is -2.40. The quantitative estimate of drug-likeness (QED) is 0.914. The second-order valence-corrected chi connectivity index (χ2v) is 6.17. The third kappa shape index (κ3) is 2.35. The Morgan fingerprint density at radius 1 is 1.40 bits per heavy atom. The maximum Gasteiger partial charge on any atom is 0.230 e. The molecule has 1 aromatic carbocycles. The van der Waals surface area contributed by atoms with Gasteiger partial charge in [-0.25, -0.2) is 0 Å². The van der Waals surface area contributed by atoms with Gasteiger partial charge in [0.1, 0.15) is 0 Å². The Hall–Kier alpha value is -1.35. The summed E-state index contributed by atoms with van der Waals surface area (Å²) >= 11 is 0. The van der Waals surface area contributed by atoms with Gasteiger partial charge < -0.3 is 10.2 Å². The predicted molar refractivity (Wildman–Crippen MR) is 80.7 cm³/mol. The molecule has 1 amide bonds. The third-order valence-corrected chi connectivity index (χ3v) is 4.84. The van der Waals surface area contributed by atoms with Gasteiger partial charge in [0.2, 0.25) is 5.91 Å². The average Bonchev–Trinajstić information content (AvgIpc) is 2.42. The van der Waals surface area contributed by atoms with Crippen LogP contribution in [0.15, 0.2) is 24.3 Å². The lowest BCUT2D eigenvalue weighted by atomic mass is 9.76. The molecule has 1 N–H and O–H groups in total. The molecule has 1 fully saturated rings. The molecule has 1 aliphatic heterocycles. The van der Waals surface area contributed by atoms with Crippen molar-refractivity contribution >= 4 is 5.91 Å². The summed E-state index contributed by atoms with van der Waals surface area (Å²) in [5, 5.41) is 3.53. The molecule has 0 saturated carbocycles. The van der Waals surface area contributed by atoms with Gasteiger partial charge in [0.15, 0.2) is 0 Å². The van der Waals surface area contributed by atoms with Crippen LogP contribution in [0.3, 0.4) is 0 Å². The molecule has 1 heterocycles. The van der Waals surface area contributed by atoms with E-state index in [-0.39, 0.29) is 5.92 Å². The number of benzene rings is 1. The number of hydrogen-bond acceptors (Lipinski definition) is 2. The van der Waals surface area contributed by atoms with Crippen molar-refractivity contribution in [2.75, 3.05) is 19.6 Å². The fraction of sp³-hybridized carbons (Fsp3) is 0.588. The van der Waals surface area contributed by atoms with E-state index in [0.29, 0.717) is 17.9 Å². The predicted octanol–water partition coefficient (Wildman–Crippen LogP) is 2.17. The van der Waals surface area contributed by atoms with Crippen LogP contribution in [0, 0.1) is 5.92 Å². The Bertz CT molecular complexity index is 500. The van der Waals surface area contributed by atoms with E-state index in [2.05, 4.69) is 42.3 Å². The standard InChI is InChI=1S/C17H24N2O/c1-3-18-16-8-9-19(11-12(16)2)17(20)15-10-13-6-4-5-7-14(13)15/h4-7,12,15-16,18H,3,8-11H2,1-2H3. The number of fused-ring (bicyclic) bond motifs is 1. The van der Waals surface area contributed by atoms with Crippen LogP contribution < -0.4 is 5.32 Å². The number of likely N-dealkylation sites (tertiary alicyclic amines) is 1. The van der Waals surface area contributed by atoms with E-state index < -0.39 is 0 Å². The SMILES string of the molecule is CCNC1CCN(C(=O)C2Cc3ccccc32)CC1C.